The van der Waals surface area contributed by atoms with Crippen LogP contribution >= 0.6 is 11.3 Å². The van der Waals surface area contributed by atoms with Gasteiger partial charge in [-0.3, -0.25) is 9.79 Å². The van der Waals surface area contributed by atoms with Crippen LogP contribution in [0.3, 0.4) is 0 Å². The zero-order valence-electron chi connectivity index (χ0n) is 16.5. The Hall–Kier alpha value is -2.41. The molecule has 0 saturated heterocycles. The number of aromatic nitrogens is 1. The normalized spacial score (nSPS) is 11.9. The van der Waals surface area contributed by atoms with Gasteiger partial charge in [-0.15, -0.1) is 11.3 Å². The van der Waals surface area contributed by atoms with E-state index in [1.165, 1.54) is 4.88 Å². The third kappa shape index (κ3) is 7.02. The highest BCUT2D eigenvalue weighted by atomic mass is 32.1. The molecule has 27 heavy (non-hydrogen) atoms. The van der Waals surface area contributed by atoms with Crippen molar-refractivity contribution in [3.63, 3.8) is 0 Å². The summed E-state index contributed by atoms with van der Waals surface area (Å²) in [6.45, 7) is 10.3. The minimum Gasteiger partial charge on any atom is -0.357 e. The third-order valence-corrected chi connectivity index (χ3v) is 5.22. The molecular weight excluding hydrogens is 358 g/mol. The van der Waals surface area contributed by atoms with Gasteiger partial charge in [0, 0.05) is 36.0 Å². The van der Waals surface area contributed by atoms with Crippen molar-refractivity contribution in [2.45, 2.75) is 39.5 Å². The topological polar surface area (TPSA) is 78.4 Å². The molecule has 2 aromatic heterocycles. The van der Waals surface area contributed by atoms with Gasteiger partial charge in [0.1, 0.15) is 5.82 Å². The lowest BCUT2D eigenvalue weighted by Crippen LogP contribution is -2.39. The van der Waals surface area contributed by atoms with Crippen LogP contribution in [0.1, 0.15) is 37.6 Å². The van der Waals surface area contributed by atoms with Crippen molar-refractivity contribution in [2.24, 2.45) is 4.99 Å². The van der Waals surface area contributed by atoms with Crippen molar-refractivity contribution in [1.29, 1.82) is 0 Å². The molecule has 3 N–H and O–H groups in total. The fourth-order valence-electron chi connectivity index (χ4n) is 2.40. The average molecular weight is 388 g/mol. The van der Waals surface area contributed by atoms with Crippen molar-refractivity contribution < 1.29 is 4.79 Å². The molecule has 0 unspecified atom stereocenters. The molecule has 0 spiro atoms. The van der Waals surface area contributed by atoms with E-state index in [4.69, 9.17) is 0 Å². The molecule has 2 aromatic rings. The average Bonchev–Trinajstić information content (AvgIpc) is 3.17. The molecular formula is C20H29N5OS. The van der Waals surface area contributed by atoms with E-state index in [-0.39, 0.29) is 11.3 Å². The number of carbonyl (C=O) groups excluding carboxylic acids is 1. The smallest absolute Gasteiger partial charge is 0.227 e. The second kappa shape index (κ2) is 10.1. The van der Waals surface area contributed by atoms with Gasteiger partial charge < -0.3 is 16.0 Å². The maximum Gasteiger partial charge on any atom is 0.227 e. The predicted molar refractivity (Wildman–Crippen MR) is 114 cm³/mol. The van der Waals surface area contributed by atoms with Gasteiger partial charge in [0.2, 0.25) is 5.91 Å². The molecule has 0 radical (unpaired) electrons. The maximum atomic E-state index is 12.1. The van der Waals surface area contributed by atoms with E-state index in [0.29, 0.717) is 25.3 Å². The van der Waals surface area contributed by atoms with E-state index in [9.17, 15) is 4.79 Å². The van der Waals surface area contributed by atoms with Crippen LogP contribution in [0.4, 0.5) is 5.82 Å². The molecule has 6 nitrogen and oxygen atoms in total. The van der Waals surface area contributed by atoms with Gasteiger partial charge >= 0.3 is 0 Å². The van der Waals surface area contributed by atoms with Crippen LogP contribution in [0.5, 0.6) is 0 Å². The summed E-state index contributed by atoms with van der Waals surface area (Å²) >= 11 is 1.75. The number of guanidine groups is 1. The molecule has 1 amide bonds. The highest BCUT2D eigenvalue weighted by molar-refractivity contribution is 7.10. The van der Waals surface area contributed by atoms with Crippen LogP contribution in [0.15, 0.2) is 40.8 Å². The van der Waals surface area contributed by atoms with Crippen molar-refractivity contribution in [1.82, 2.24) is 15.6 Å². The summed E-state index contributed by atoms with van der Waals surface area (Å²) < 4.78 is 0. The Morgan fingerprint density at radius 1 is 1.26 bits per heavy atom. The lowest BCUT2D eigenvalue weighted by molar-refractivity contribution is -0.116. The molecule has 0 aliphatic rings. The Bertz CT molecular complexity index is 738. The Morgan fingerprint density at radius 3 is 2.70 bits per heavy atom. The quantitative estimate of drug-likeness (QED) is 0.480. The summed E-state index contributed by atoms with van der Waals surface area (Å²) in [5, 5.41) is 11.3. The van der Waals surface area contributed by atoms with Gasteiger partial charge in [0.05, 0.1) is 6.54 Å². The molecule has 146 valence electrons. The van der Waals surface area contributed by atoms with Crippen LogP contribution < -0.4 is 16.0 Å². The zero-order valence-corrected chi connectivity index (χ0v) is 17.3. The third-order valence-electron chi connectivity index (χ3n) is 3.99. The Morgan fingerprint density at radius 2 is 2.07 bits per heavy atom. The lowest BCUT2D eigenvalue weighted by Gasteiger charge is -2.21. The number of nitrogens with one attached hydrogen (secondary N) is 3. The number of aliphatic imine (C=N–C) groups is 1. The van der Waals surface area contributed by atoms with Crippen molar-refractivity contribution in [3.05, 3.63) is 46.3 Å². The first-order valence-electron chi connectivity index (χ1n) is 9.19. The Labute approximate surface area is 165 Å². The number of hydrogen-bond donors (Lipinski definition) is 3. The van der Waals surface area contributed by atoms with Crippen LogP contribution in [0.2, 0.25) is 0 Å². The number of aryl methyl sites for hydroxylation is 1. The van der Waals surface area contributed by atoms with Crippen LogP contribution in [-0.2, 0) is 10.2 Å². The predicted octanol–water partition coefficient (Wildman–Crippen LogP) is 3.31. The fraction of sp³-hybridized carbons (Fsp3) is 0.450. The minimum absolute atomic E-state index is 0.0228. The molecule has 0 saturated carbocycles. The molecule has 2 heterocycles. The number of anilines is 1. The molecule has 0 atom stereocenters. The summed E-state index contributed by atoms with van der Waals surface area (Å²) in [5.41, 5.74) is 1.04. The van der Waals surface area contributed by atoms with Crippen LogP contribution in [-0.4, -0.2) is 36.5 Å². The van der Waals surface area contributed by atoms with Crippen molar-refractivity contribution in [3.8, 4) is 0 Å². The molecule has 0 bridgehead atoms. The highest BCUT2D eigenvalue weighted by Crippen LogP contribution is 2.27. The number of rotatable bonds is 8. The minimum atomic E-state index is -0.0754. The summed E-state index contributed by atoms with van der Waals surface area (Å²) in [7, 11) is 0. The van der Waals surface area contributed by atoms with Crippen LogP contribution in [0.25, 0.3) is 0 Å². The lowest BCUT2D eigenvalue weighted by atomic mass is 9.92. The molecule has 0 aromatic carbocycles. The molecule has 0 aliphatic heterocycles. The Balaban J connectivity index is 1.82. The number of hydrogen-bond acceptors (Lipinski definition) is 4. The van der Waals surface area contributed by atoms with Gasteiger partial charge in [-0.2, -0.15) is 0 Å². The van der Waals surface area contributed by atoms with Crippen LogP contribution in [0, 0.1) is 6.92 Å². The van der Waals surface area contributed by atoms with Gasteiger partial charge in [0.15, 0.2) is 5.96 Å². The Kier molecular flexibility index (Phi) is 7.79. The summed E-state index contributed by atoms with van der Waals surface area (Å²) in [6.07, 6.45) is 2.08. The molecule has 7 heteroatoms. The molecule has 2 rings (SSSR count). The van der Waals surface area contributed by atoms with E-state index in [1.54, 1.807) is 23.6 Å². The maximum absolute atomic E-state index is 12.1. The molecule has 0 fully saturated rings. The second-order valence-electron chi connectivity index (χ2n) is 7.00. The highest BCUT2D eigenvalue weighted by Gasteiger charge is 2.21. The largest absolute Gasteiger partial charge is 0.357 e. The van der Waals surface area contributed by atoms with Gasteiger partial charge in [-0.05, 0) is 36.9 Å². The number of amides is 1. The SMILES string of the molecule is CCNC(=NCC(C)(C)c1cccs1)NCCC(=O)Nc1ccc(C)cn1. The van der Waals surface area contributed by atoms with Gasteiger partial charge in [-0.25, -0.2) is 4.98 Å². The number of nitrogens with zero attached hydrogens (tertiary/aromatic N) is 2. The van der Waals surface area contributed by atoms with Gasteiger partial charge in [-0.1, -0.05) is 26.0 Å². The first-order valence-corrected chi connectivity index (χ1v) is 10.1. The van der Waals surface area contributed by atoms with E-state index in [1.807, 2.05) is 19.9 Å². The zero-order chi connectivity index (χ0) is 19.7. The number of pyridine rings is 1. The second-order valence-corrected chi connectivity index (χ2v) is 7.95. The summed E-state index contributed by atoms with van der Waals surface area (Å²) in [6, 6.07) is 7.94. The summed E-state index contributed by atoms with van der Waals surface area (Å²) in [5.74, 6) is 1.22. The fourth-order valence-corrected chi connectivity index (χ4v) is 3.25. The number of carbonyl (C=O) groups is 1. The van der Waals surface area contributed by atoms with Crippen molar-refractivity contribution in [2.75, 3.05) is 25.0 Å². The standard InChI is InChI=1S/C20H29N5OS/c1-5-21-19(24-14-20(3,4)16-7-6-12-27-16)22-11-10-18(26)25-17-9-8-15(2)13-23-17/h6-9,12-13H,5,10-11,14H2,1-4H3,(H2,21,22,24)(H,23,25,26). The van der Waals surface area contributed by atoms with E-state index in [0.717, 1.165) is 18.1 Å². The number of thiophene rings is 1. The van der Waals surface area contributed by atoms with E-state index in [2.05, 4.69) is 57.3 Å². The monoisotopic (exact) mass is 387 g/mol. The molecule has 0 aliphatic carbocycles. The van der Waals surface area contributed by atoms with Gasteiger partial charge in [0.25, 0.3) is 0 Å². The van der Waals surface area contributed by atoms with E-state index < -0.39 is 0 Å². The first-order chi connectivity index (χ1) is 12.9. The van der Waals surface area contributed by atoms with E-state index >= 15 is 0 Å². The van der Waals surface area contributed by atoms with Crippen molar-refractivity contribution >= 4 is 29.0 Å². The first kappa shape index (κ1) is 20.9. The summed E-state index contributed by atoms with van der Waals surface area (Å²) in [4.78, 5) is 22.2.